The first kappa shape index (κ1) is 16.8. The fourth-order valence-electron chi connectivity index (χ4n) is 4.22. The van der Waals surface area contributed by atoms with Gasteiger partial charge in [0.05, 0.1) is 18.8 Å². The van der Waals surface area contributed by atoms with E-state index in [9.17, 15) is 9.59 Å². The van der Waals surface area contributed by atoms with Crippen molar-refractivity contribution in [3.8, 4) is 0 Å². The first-order chi connectivity index (χ1) is 12.0. The normalized spacial score (nSPS) is 40.4. The number of amides is 1. The van der Waals surface area contributed by atoms with Gasteiger partial charge in [-0.15, -0.1) is 0 Å². The molecule has 3 heterocycles. The van der Waals surface area contributed by atoms with Gasteiger partial charge >= 0.3 is 5.97 Å². The molecular formula is C19H25NO5. The molecule has 4 rings (SSSR count). The van der Waals surface area contributed by atoms with Crippen LogP contribution in [0, 0.1) is 5.92 Å². The van der Waals surface area contributed by atoms with E-state index in [1.807, 2.05) is 4.90 Å². The van der Waals surface area contributed by atoms with Crippen LogP contribution in [-0.2, 0) is 23.8 Å². The minimum absolute atomic E-state index is 0.0504. The summed E-state index contributed by atoms with van der Waals surface area (Å²) in [4.78, 5) is 26.7. The quantitative estimate of drug-likeness (QED) is 0.409. The zero-order chi connectivity index (χ0) is 17.6. The summed E-state index contributed by atoms with van der Waals surface area (Å²) in [7, 11) is 0. The lowest BCUT2D eigenvalue weighted by atomic mass is 9.83. The van der Waals surface area contributed by atoms with Gasteiger partial charge in [0.2, 0.25) is 5.91 Å². The van der Waals surface area contributed by atoms with Crippen LogP contribution in [0.1, 0.15) is 32.6 Å². The largest absolute Gasteiger partial charge is 0.455 e. The van der Waals surface area contributed by atoms with E-state index in [1.54, 1.807) is 0 Å². The van der Waals surface area contributed by atoms with Crippen molar-refractivity contribution < 1.29 is 23.8 Å². The van der Waals surface area contributed by atoms with Gasteiger partial charge in [-0.05, 0) is 32.6 Å². The van der Waals surface area contributed by atoms with E-state index in [4.69, 9.17) is 14.2 Å². The van der Waals surface area contributed by atoms with Gasteiger partial charge in [-0.1, -0.05) is 12.7 Å². The Balaban J connectivity index is 1.54. The van der Waals surface area contributed by atoms with Crippen LogP contribution >= 0.6 is 0 Å². The van der Waals surface area contributed by atoms with Crippen molar-refractivity contribution in [3.05, 3.63) is 23.8 Å². The van der Waals surface area contributed by atoms with E-state index in [1.165, 1.54) is 0 Å². The number of ether oxygens (including phenoxy) is 3. The molecule has 0 bridgehead atoms. The number of allylic oxidation sites excluding steroid dienone is 1. The van der Waals surface area contributed by atoms with Crippen molar-refractivity contribution in [1.82, 2.24) is 4.90 Å². The lowest BCUT2D eigenvalue weighted by Gasteiger charge is -2.28. The van der Waals surface area contributed by atoms with Gasteiger partial charge in [0.15, 0.2) is 0 Å². The highest BCUT2D eigenvalue weighted by Gasteiger charge is 2.61. The van der Waals surface area contributed by atoms with E-state index < -0.39 is 0 Å². The maximum Gasteiger partial charge on any atom is 0.334 e. The highest BCUT2D eigenvalue weighted by atomic mass is 16.6. The molecule has 0 unspecified atom stereocenters. The molecule has 0 aromatic carbocycles. The zero-order valence-electron chi connectivity index (χ0n) is 14.7. The molecule has 3 saturated heterocycles. The maximum atomic E-state index is 12.9. The summed E-state index contributed by atoms with van der Waals surface area (Å²) in [5.74, 6) is -0.301. The molecule has 4 atom stereocenters. The molecule has 4 aliphatic rings. The average Bonchev–Trinajstić information content (AvgIpc) is 3.21. The molecule has 0 aromatic rings. The predicted octanol–water partition coefficient (Wildman–Crippen LogP) is 1.60. The minimum Gasteiger partial charge on any atom is -0.455 e. The maximum absolute atomic E-state index is 12.9. The van der Waals surface area contributed by atoms with E-state index >= 15 is 0 Å². The smallest absolute Gasteiger partial charge is 0.334 e. The van der Waals surface area contributed by atoms with Crippen LogP contribution in [0.4, 0.5) is 0 Å². The molecule has 0 aromatic heterocycles. The summed E-state index contributed by atoms with van der Waals surface area (Å²) in [5, 5.41) is 0. The Morgan fingerprint density at radius 1 is 1.36 bits per heavy atom. The Hall–Kier alpha value is -1.66. The van der Waals surface area contributed by atoms with Crippen LogP contribution in [0.25, 0.3) is 0 Å². The molecular weight excluding hydrogens is 322 g/mol. The lowest BCUT2D eigenvalue weighted by Crippen LogP contribution is -2.41. The number of epoxide rings is 1. The summed E-state index contributed by atoms with van der Waals surface area (Å²) in [6.45, 7) is 8.44. The Labute approximate surface area is 147 Å². The van der Waals surface area contributed by atoms with Crippen LogP contribution in [-0.4, -0.2) is 60.9 Å². The van der Waals surface area contributed by atoms with Crippen LogP contribution in [0.5, 0.6) is 0 Å². The van der Waals surface area contributed by atoms with Gasteiger partial charge in [-0.25, -0.2) is 4.79 Å². The van der Waals surface area contributed by atoms with E-state index in [0.717, 1.165) is 18.4 Å². The van der Waals surface area contributed by atoms with Crippen molar-refractivity contribution in [2.45, 2.75) is 50.4 Å². The molecule has 0 saturated carbocycles. The number of fused-ring (bicyclic) bond motifs is 3. The highest BCUT2D eigenvalue weighted by Crippen LogP contribution is 2.49. The predicted molar refractivity (Wildman–Crippen MR) is 89.7 cm³/mol. The second kappa shape index (κ2) is 6.25. The highest BCUT2D eigenvalue weighted by molar-refractivity contribution is 5.94. The average molecular weight is 347 g/mol. The molecule has 0 spiro atoms. The molecule has 1 aliphatic carbocycles. The molecule has 3 fully saturated rings. The fraction of sp³-hybridized carbons (Fsp3) is 0.684. The standard InChI is InChI=1S/C19H25NO5/c1-12-14-6-5-13(17(21)20-8-10-23-11-9-20)4-3-7-19(2)16(25-19)15(14)24-18(12)22/h4,14-16H,1,3,5-11H2,2H3/b13-4+/t14-,15-,16-,19+/m0/s1. The van der Waals surface area contributed by atoms with Crippen LogP contribution in [0.3, 0.4) is 0 Å². The number of carbonyl (C=O) groups is 2. The summed E-state index contributed by atoms with van der Waals surface area (Å²) in [6.07, 6.45) is 4.69. The Kier molecular flexibility index (Phi) is 4.20. The Bertz CT molecular complexity index is 636. The van der Waals surface area contributed by atoms with Crippen LogP contribution in [0.2, 0.25) is 0 Å². The summed E-state index contributed by atoms with van der Waals surface area (Å²) in [5.41, 5.74) is 1.08. The first-order valence-electron chi connectivity index (χ1n) is 9.13. The van der Waals surface area contributed by atoms with Gasteiger partial charge < -0.3 is 19.1 Å². The molecule has 0 radical (unpaired) electrons. The zero-order valence-corrected chi connectivity index (χ0v) is 14.7. The third kappa shape index (κ3) is 3.02. The van der Waals surface area contributed by atoms with E-state index in [-0.39, 0.29) is 35.6 Å². The Morgan fingerprint density at radius 2 is 2.12 bits per heavy atom. The monoisotopic (exact) mass is 347 g/mol. The molecule has 25 heavy (non-hydrogen) atoms. The minimum atomic E-state index is -0.322. The Morgan fingerprint density at radius 3 is 2.88 bits per heavy atom. The van der Waals surface area contributed by atoms with Crippen molar-refractivity contribution in [1.29, 1.82) is 0 Å². The first-order valence-corrected chi connectivity index (χ1v) is 9.13. The summed E-state index contributed by atoms with van der Waals surface area (Å²) in [6, 6.07) is 0. The van der Waals surface area contributed by atoms with Crippen LogP contribution < -0.4 is 0 Å². The molecule has 6 nitrogen and oxygen atoms in total. The molecule has 6 heteroatoms. The topological polar surface area (TPSA) is 68.4 Å². The third-order valence-electron chi connectivity index (χ3n) is 5.92. The summed E-state index contributed by atoms with van der Waals surface area (Å²) < 4.78 is 16.8. The molecule has 1 amide bonds. The SMILES string of the molecule is C=C1C(=O)O[C@H]2[C@H]1CC/C(C(=O)N1CCOCC1)=C\CC[C@@]1(C)O[C@@H]21. The van der Waals surface area contributed by atoms with Gasteiger partial charge in [0.25, 0.3) is 0 Å². The number of morpholine rings is 1. The van der Waals surface area contributed by atoms with E-state index in [0.29, 0.717) is 44.7 Å². The van der Waals surface area contributed by atoms with E-state index in [2.05, 4.69) is 19.6 Å². The summed E-state index contributed by atoms with van der Waals surface area (Å²) >= 11 is 0. The molecule has 3 aliphatic heterocycles. The fourth-order valence-corrected chi connectivity index (χ4v) is 4.22. The van der Waals surface area contributed by atoms with Crippen molar-refractivity contribution in [3.63, 3.8) is 0 Å². The number of rotatable bonds is 1. The van der Waals surface area contributed by atoms with Gasteiger partial charge in [0.1, 0.15) is 12.2 Å². The third-order valence-corrected chi connectivity index (χ3v) is 5.92. The number of nitrogens with zero attached hydrogens (tertiary/aromatic N) is 1. The number of carbonyl (C=O) groups excluding carboxylic acids is 2. The number of hydrogen-bond donors (Lipinski definition) is 0. The van der Waals surface area contributed by atoms with Gasteiger partial charge in [0, 0.05) is 30.2 Å². The second-order valence-corrected chi connectivity index (χ2v) is 7.56. The van der Waals surface area contributed by atoms with Crippen LogP contribution in [0.15, 0.2) is 23.8 Å². The number of esters is 1. The lowest BCUT2D eigenvalue weighted by molar-refractivity contribution is -0.140. The van der Waals surface area contributed by atoms with Crippen molar-refractivity contribution in [2.75, 3.05) is 26.3 Å². The van der Waals surface area contributed by atoms with Gasteiger partial charge in [-0.3, -0.25) is 4.79 Å². The van der Waals surface area contributed by atoms with Crippen molar-refractivity contribution in [2.24, 2.45) is 5.92 Å². The number of hydrogen-bond acceptors (Lipinski definition) is 5. The molecule has 0 N–H and O–H groups in total. The van der Waals surface area contributed by atoms with Gasteiger partial charge in [-0.2, -0.15) is 0 Å². The van der Waals surface area contributed by atoms with Crippen molar-refractivity contribution >= 4 is 11.9 Å². The molecule has 136 valence electrons. The second-order valence-electron chi connectivity index (χ2n) is 7.56.